The van der Waals surface area contributed by atoms with Crippen molar-refractivity contribution in [1.29, 1.82) is 0 Å². The average molecular weight is 467 g/mol. The molecule has 0 atom stereocenters. The molecule has 0 aromatic heterocycles. The summed E-state index contributed by atoms with van der Waals surface area (Å²) in [5.74, 6) is -0.838. The molecule has 8 heteroatoms. The third-order valence-electron chi connectivity index (χ3n) is 5.25. The summed E-state index contributed by atoms with van der Waals surface area (Å²) in [6.07, 6.45) is 0. The number of methoxy groups -OCH3 is 2. The zero-order chi connectivity index (χ0) is 23.5. The predicted octanol–water partition coefficient (Wildman–Crippen LogP) is 4.89. The molecule has 0 fully saturated rings. The van der Waals surface area contributed by atoms with Gasteiger partial charge in [-0.05, 0) is 30.3 Å². The fraction of sp³-hybridized carbons (Fsp3) is 0.120. The Bertz CT molecular complexity index is 1270. The van der Waals surface area contributed by atoms with E-state index in [1.54, 1.807) is 54.6 Å². The Hall–Kier alpha value is -3.84. The van der Waals surface area contributed by atoms with Crippen LogP contribution in [0.5, 0.6) is 11.5 Å². The van der Waals surface area contributed by atoms with Crippen molar-refractivity contribution in [1.82, 2.24) is 4.90 Å². The van der Waals surface area contributed by atoms with Crippen molar-refractivity contribution in [2.24, 2.45) is 0 Å². The molecule has 6 nitrogen and oxygen atoms in total. The number of hydrogen-bond acceptors (Lipinski definition) is 5. The predicted molar refractivity (Wildman–Crippen MR) is 123 cm³/mol. The van der Waals surface area contributed by atoms with E-state index in [0.717, 1.165) is 4.90 Å². The van der Waals surface area contributed by atoms with Gasteiger partial charge in [0.2, 0.25) is 0 Å². The molecule has 3 aromatic carbocycles. The Labute approximate surface area is 195 Å². The molecule has 1 aliphatic heterocycles. The zero-order valence-corrected chi connectivity index (χ0v) is 18.7. The topological polar surface area (TPSA) is 67.9 Å². The number of nitrogens with zero attached hydrogens (tertiary/aromatic N) is 1. The number of amides is 2. The standard InChI is InChI=1S/C25H20ClFN2O4/c1-32-20-10-6-4-8-17(20)22-23(28-19-13-16(26)11-12-21(19)33-2)25(31)29(24(22)30)14-15-7-3-5-9-18(15)27/h3-13,28H,14H2,1-2H3. The molecule has 0 bridgehead atoms. The highest BCUT2D eigenvalue weighted by Crippen LogP contribution is 2.38. The van der Waals surface area contributed by atoms with E-state index in [4.69, 9.17) is 21.1 Å². The van der Waals surface area contributed by atoms with Crippen LogP contribution in [0.3, 0.4) is 0 Å². The van der Waals surface area contributed by atoms with E-state index < -0.39 is 17.6 Å². The van der Waals surface area contributed by atoms with Crippen molar-refractivity contribution in [3.8, 4) is 11.5 Å². The van der Waals surface area contributed by atoms with E-state index in [9.17, 15) is 14.0 Å². The number of anilines is 1. The molecule has 1 heterocycles. The second-order valence-corrected chi connectivity index (χ2v) is 7.64. The van der Waals surface area contributed by atoms with Crippen LogP contribution in [0, 0.1) is 5.82 Å². The average Bonchev–Trinajstić information content (AvgIpc) is 3.04. The van der Waals surface area contributed by atoms with Crippen molar-refractivity contribution in [2.75, 3.05) is 19.5 Å². The lowest BCUT2D eigenvalue weighted by molar-refractivity contribution is -0.137. The monoisotopic (exact) mass is 466 g/mol. The molecular formula is C25H20ClFN2O4. The van der Waals surface area contributed by atoms with Crippen LogP contribution < -0.4 is 14.8 Å². The normalized spacial score (nSPS) is 13.5. The van der Waals surface area contributed by atoms with Gasteiger partial charge in [-0.2, -0.15) is 0 Å². The molecule has 1 N–H and O–H groups in total. The van der Waals surface area contributed by atoms with Gasteiger partial charge in [0, 0.05) is 16.1 Å². The third-order valence-corrected chi connectivity index (χ3v) is 5.49. The molecule has 0 aliphatic carbocycles. The minimum absolute atomic E-state index is 0.0152. The second kappa shape index (κ2) is 9.34. The number of halogens is 2. The first-order chi connectivity index (χ1) is 15.9. The maximum atomic E-state index is 14.3. The third kappa shape index (κ3) is 4.27. The van der Waals surface area contributed by atoms with Crippen molar-refractivity contribution < 1.29 is 23.5 Å². The number of hydrogen-bond donors (Lipinski definition) is 1. The Morgan fingerprint density at radius 2 is 1.61 bits per heavy atom. The van der Waals surface area contributed by atoms with E-state index in [2.05, 4.69) is 5.32 Å². The molecule has 168 valence electrons. The van der Waals surface area contributed by atoms with Crippen LogP contribution in [0.4, 0.5) is 10.1 Å². The number of ether oxygens (including phenoxy) is 2. The number of benzene rings is 3. The largest absolute Gasteiger partial charge is 0.496 e. The van der Waals surface area contributed by atoms with E-state index in [1.165, 1.54) is 26.4 Å². The van der Waals surface area contributed by atoms with Crippen LogP contribution in [0.25, 0.3) is 5.57 Å². The first-order valence-electron chi connectivity index (χ1n) is 10.0. The zero-order valence-electron chi connectivity index (χ0n) is 17.9. The summed E-state index contributed by atoms with van der Waals surface area (Å²) < 4.78 is 25.1. The molecular weight excluding hydrogens is 447 g/mol. The molecule has 0 saturated carbocycles. The molecule has 1 aliphatic rings. The van der Waals surface area contributed by atoms with Crippen LogP contribution >= 0.6 is 11.6 Å². The molecule has 4 rings (SSSR count). The van der Waals surface area contributed by atoms with E-state index in [0.29, 0.717) is 27.8 Å². The van der Waals surface area contributed by atoms with Gasteiger partial charge in [-0.25, -0.2) is 4.39 Å². The van der Waals surface area contributed by atoms with Gasteiger partial charge >= 0.3 is 0 Å². The van der Waals surface area contributed by atoms with Gasteiger partial charge in [0.25, 0.3) is 11.8 Å². The highest BCUT2D eigenvalue weighted by atomic mass is 35.5. The van der Waals surface area contributed by atoms with Gasteiger partial charge in [0.05, 0.1) is 32.0 Å². The molecule has 0 saturated heterocycles. The lowest BCUT2D eigenvalue weighted by Crippen LogP contribution is -2.32. The Kier molecular flexibility index (Phi) is 6.33. The summed E-state index contributed by atoms with van der Waals surface area (Å²) in [6.45, 7) is -0.221. The van der Waals surface area contributed by atoms with Crippen molar-refractivity contribution in [3.63, 3.8) is 0 Å². The minimum Gasteiger partial charge on any atom is -0.496 e. The highest BCUT2D eigenvalue weighted by molar-refractivity contribution is 6.37. The van der Waals surface area contributed by atoms with Gasteiger partial charge in [0.15, 0.2) is 0 Å². The molecule has 0 radical (unpaired) electrons. The van der Waals surface area contributed by atoms with Crippen LogP contribution in [-0.2, 0) is 16.1 Å². The highest BCUT2D eigenvalue weighted by Gasteiger charge is 2.40. The van der Waals surface area contributed by atoms with Gasteiger partial charge < -0.3 is 14.8 Å². The maximum Gasteiger partial charge on any atom is 0.278 e. The lowest BCUT2D eigenvalue weighted by atomic mass is 10.0. The summed E-state index contributed by atoms with van der Waals surface area (Å²) >= 11 is 6.14. The van der Waals surface area contributed by atoms with Gasteiger partial charge in [-0.3, -0.25) is 14.5 Å². The van der Waals surface area contributed by atoms with Crippen LogP contribution in [0.15, 0.2) is 72.4 Å². The SMILES string of the molecule is COc1ccc(Cl)cc1NC1=C(c2ccccc2OC)C(=O)N(Cc2ccccc2F)C1=O. The molecule has 2 amide bonds. The summed E-state index contributed by atoms with van der Waals surface area (Å²) in [5, 5.41) is 3.44. The van der Waals surface area contributed by atoms with Crippen molar-refractivity contribution >= 4 is 34.7 Å². The fourth-order valence-electron chi connectivity index (χ4n) is 3.65. The molecule has 33 heavy (non-hydrogen) atoms. The van der Waals surface area contributed by atoms with Gasteiger partial charge in [0.1, 0.15) is 23.0 Å². The Morgan fingerprint density at radius 3 is 2.33 bits per heavy atom. The molecule has 3 aromatic rings. The van der Waals surface area contributed by atoms with E-state index in [-0.39, 0.29) is 23.4 Å². The Balaban J connectivity index is 1.83. The Morgan fingerprint density at radius 1 is 0.909 bits per heavy atom. The fourth-order valence-corrected chi connectivity index (χ4v) is 3.82. The van der Waals surface area contributed by atoms with Crippen molar-refractivity contribution in [2.45, 2.75) is 6.54 Å². The lowest BCUT2D eigenvalue weighted by Gasteiger charge is -2.16. The van der Waals surface area contributed by atoms with E-state index in [1.807, 2.05) is 0 Å². The smallest absolute Gasteiger partial charge is 0.278 e. The second-order valence-electron chi connectivity index (χ2n) is 7.21. The summed E-state index contributed by atoms with van der Waals surface area (Å²) in [7, 11) is 2.96. The van der Waals surface area contributed by atoms with Gasteiger partial charge in [-0.1, -0.05) is 48.0 Å². The number of rotatable bonds is 7. The summed E-state index contributed by atoms with van der Waals surface area (Å²) in [5.41, 5.74) is 1.18. The first kappa shape index (κ1) is 22.4. The summed E-state index contributed by atoms with van der Waals surface area (Å²) in [6, 6.07) is 17.8. The number of nitrogens with one attached hydrogen (secondary N) is 1. The van der Waals surface area contributed by atoms with Crippen LogP contribution in [0.2, 0.25) is 5.02 Å². The van der Waals surface area contributed by atoms with Crippen LogP contribution in [-0.4, -0.2) is 30.9 Å². The molecule has 0 unspecified atom stereocenters. The number of para-hydroxylation sites is 1. The maximum absolute atomic E-state index is 14.3. The minimum atomic E-state index is -0.605. The summed E-state index contributed by atoms with van der Waals surface area (Å²) in [4.78, 5) is 27.9. The van der Waals surface area contributed by atoms with Crippen molar-refractivity contribution in [3.05, 3.63) is 94.4 Å². The van der Waals surface area contributed by atoms with E-state index >= 15 is 0 Å². The quantitative estimate of drug-likeness (QED) is 0.502. The molecule has 0 spiro atoms. The van der Waals surface area contributed by atoms with Crippen LogP contribution in [0.1, 0.15) is 11.1 Å². The number of carbonyl (C=O) groups is 2. The first-order valence-corrected chi connectivity index (χ1v) is 10.4. The van der Waals surface area contributed by atoms with Gasteiger partial charge in [-0.15, -0.1) is 0 Å². The number of imide groups is 1. The number of carbonyl (C=O) groups excluding carboxylic acids is 2.